The van der Waals surface area contributed by atoms with Crippen molar-refractivity contribution >= 4 is 22.6 Å². The van der Waals surface area contributed by atoms with Gasteiger partial charge in [-0.2, -0.15) is 0 Å². The van der Waals surface area contributed by atoms with E-state index >= 15 is 0 Å². The van der Waals surface area contributed by atoms with E-state index in [9.17, 15) is 9.59 Å². The maximum absolute atomic E-state index is 12.8. The SMILES string of the molecule is CC(NC(=O)c1cccc(CN2CCCC2=O)c1)c1ccc2ccccc2c1. The van der Waals surface area contributed by atoms with Crippen LogP contribution in [-0.4, -0.2) is 23.3 Å². The van der Waals surface area contributed by atoms with Gasteiger partial charge in [-0.15, -0.1) is 0 Å². The van der Waals surface area contributed by atoms with Crippen LogP contribution in [0, 0.1) is 0 Å². The number of hydrogen-bond acceptors (Lipinski definition) is 2. The van der Waals surface area contributed by atoms with Gasteiger partial charge in [0.1, 0.15) is 0 Å². The molecule has 0 bridgehead atoms. The maximum atomic E-state index is 12.8. The van der Waals surface area contributed by atoms with E-state index < -0.39 is 0 Å². The molecule has 1 aliphatic heterocycles. The van der Waals surface area contributed by atoms with Gasteiger partial charge in [0.15, 0.2) is 0 Å². The predicted molar refractivity (Wildman–Crippen MR) is 111 cm³/mol. The molecule has 2 amide bonds. The molecule has 1 N–H and O–H groups in total. The van der Waals surface area contributed by atoms with E-state index in [-0.39, 0.29) is 17.9 Å². The standard InChI is InChI=1S/C24H24N2O2/c1-17(20-12-11-19-7-2-3-8-21(19)15-20)25-24(28)22-9-4-6-18(14-22)16-26-13-5-10-23(26)27/h2-4,6-9,11-12,14-15,17H,5,10,13,16H2,1H3,(H,25,28). The van der Waals surface area contributed by atoms with Crippen molar-refractivity contribution in [2.75, 3.05) is 6.54 Å². The van der Waals surface area contributed by atoms with Gasteiger partial charge in [0.05, 0.1) is 6.04 Å². The molecule has 0 spiro atoms. The predicted octanol–water partition coefficient (Wildman–Crippen LogP) is 4.45. The zero-order chi connectivity index (χ0) is 19.5. The van der Waals surface area contributed by atoms with Gasteiger partial charge >= 0.3 is 0 Å². The highest BCUT2D eigenvalue weighted by Crippen LogP contribution is 2.21. The first-order valence-corrected chi connectivity index (χ1v) is 9.76. The zero-order valence-electron chi connectivity index (χ0n) is 16.0. The second-order valence-electron chi connectivity index (χ2n) is 7.42. The minimum atomic E-state index is -0.102. The summed E-state index contributed by atoms with van der Waals surface area (Å²) in [6.45, 7) is 3.36. The first-order chi connectivity index (χ1) is 13.6. The van der Waals surface area contributed by atoms with Crippen LogP contribution in [-0.2, 0) is 11.3 Å². The quantitative estimate of drug-likeness (QED) is 0.719. The second-order valence-corrected chi connectivity index (χ2v) is 7.42. The Morgan fingerprint density at radius 2 is 1.86 bits per heavy atom. The normalized spacial score (nSPS) is 15.0. The van der Waals surface area contributed by atoms with Gasteiger partial charge < -0.3 is 10.2 Å². The third-order valence-corrected chi connectivity index (χ3v) is 5.36. The van der Waals surface area contributed by atoms with Crippen LogP contribution >= 0.6 is 0 Å². The molecule has 1 unspecified atom stereocenters. The summed E-state index contributed by atoms with van der Waals surface area (Å²) in [4.78, 5) is 26.4. The number of carbonyl (C=O) groups is 2. The number of carbonyl (C=O) groups excluding carboxylic acids is 2. The number of likely N-dealkylation sites (tertiary alicyclic amines) is 1. The number of rotatable bonds is 5. The van der Waals surface area contributed by atoms with Crippen LogP contribution in [0.5, 0.6) is 0 Å². The molecule has 1 atom stereocenters. The van der Waals surface area contributed by atoms with Crippen LogP contribution in [0.1, 0.15) is 47.3 Å². The molecule has 4 heteroatoms. The van der Waals surface area contributed by atoms with E-state index in [1.54, 1.807) is 0 Å². The highest BCUT2D eigenvalue weighted by Gasteiger charge is 2.20. The topological polar surface area (TPSA) is 49.4 Å². The minimum absolute atomic E-state index is 0.0964. The van der Waals surface area contributed by atoms with Crippen molar-refractivity contribution < 1.29 is 9.59 Å². The number of amides is 2. The third-order valence-electron chi connectivity index (χ3n) is 5.36. The lowest BCUT2D eigenvalue weighted by atomic mass is 10.0. The van der Waals surface area contributed by atoms with E-state index in [2.05, 4.69) is 35.6 Å². The monoisotopic (exact) mass is 372 g/mol. The summed E-state index contributed by atoms with van der Waals surface area (Å²) in [6, 6.07) is 21.9. The molecule has 28 heavy (non-hydrogen) atoms. The number of nitrogens with zero attached hydrogens (tertiary/aromatic N) is 1. The van der Waals surface area contributed by atoms with Crippen molar-refractivity contribution in [3.63, 3.8) is 0 Å². The molecule has 0 radical (unpaired) electrons. The first-order valence-electron chi connectivity index (χ1n) is 9.76. The van der Waals surface area contributed by atoms with Crippen LogP contribution < -0.4 is 5.32 Å². The van der Waals surface area contributed by atoms with E-state index in [0.29, 0.717) is 18.5 Å². The Kier molecular flexibility index (Phi) is 5.11. The summed E-state index contributed by atoms with van der Waals surface area (Å²) in [5.74, 6) is 0.0926. The molecule has 4 rings (SSSR count). The molecule has 3 aromatic rings. The molecule has 0 aliphatic carbocycles. The molecular weight excluding hydrogens is 348 g/mol. The summed E-state index contributed by atoms with van der Waals surface area (Å²) in [6.07, 6.45) is 1.55. The highest BCUT2D eigenvalue weighted by atomic mass is 16.2. The van der Waals surface area contributed by atoms with Crippen molar-refractivity contribution in [2.24, 2.45) is 0 Å². The van der Waals surface area contributed by atoms with Crippen molar-refractivity contribution in [1.29, 1.82) is 0 Å². The summed E-state index contributed by atoms with van der Waals surface area (Å²) in [5.41, 5.74) is 2.68. The van der Waals surface area contributed by atoms with Crippen molar-refractivity contribution in [3.05, 3.63) is 83.4 Å². The van der Waals surface area contributed by atoms with Crippen molar-refractivity contribution in [1.82, 2.24) is 10.2 Å². The van der Waals surface area contributed by atoms with Crippen LogP contribution in [0.25, 0.3) is 10.8 Å². The van der Waals surface area contributed by atoms with Crippen LogP contribution in [0.2, 0.25) is 0 Å². The van der Waals surface area contributed by atoms with E-state index in [1.165, 1.54) is 10.8 Å². The van der Waals surface area contributed by atoms with E-state index in [4.69, 9.17) is 0 Å². The fraction of sp³-hybridized carbons (Fsp3) is 0.250. The Morgan fingerprint density at radius 3 is 2.64 bits per heavy atom. The zero-order valence-corrected chi connectivity index (χ0v) is 16.0. The molecule has 4 nitrogen and oxygen atoms in total. The molecule has 0 aromatic heterocycles. The van der Waals surface area contributed by atoms with Crippen LogP contribution in [0.3, 0.4) is 0 Å². The van der Waals surface area contributed by atoms with Gasteiger partial charge in [-0.1, -0.05) is 48.5 Å². The average Bonchev–Trinajstić information content (AvgIpc) is 3.12. The number of hydrogen-bond donors (Lipinski definition) is 1. The van der Waals surface area contributed by atoms with E-state index in [0.717, 1.165) is 24.1 Å². The lowest BCUT2D eigenvalue weighted by molar-refractivity contribution is -0.128. The van der Waals surface area contributed by atoms with Gasteiger partial charge in [0.2, 0.25) is 5.91 Å². The summed E-state index contributed by atoms with van der Waals surface area (Å²) >= 11 is 0. The third kappa shape index (κ3) is 3.91. The van der Waals surface area contributed by atoms with Gasteiger partial charge in [-0.3, -0.25) is 9.59 Å². The largest absolute Gasteiger partial charge is 0.346 e. The Hall–Kier alpha value is -3.14. The van der Waals surface area contributed by atoms with Crippen LogP contribution in [0.15, 0.2) is 66.7 Å². The number of fused-ring (bicyclic) bond motifs is 1. The first kappa shape index (κ1) is 18.2. The Labute approximate surface area is 165 Å². The maximum Gasteiger partial charge on any atom is 0.251 e. The van der Waals surface area contributed by atoms with Crippen LogP contribution in [0.4, 0.5) is 0 Å². The summed E-state index contributed by atoms with van der Waals surface area (Å²) in [5, 5.41) is 5.44. The van der Waals surface area contributed by atoms with Gasteiger partial charge in [0, 0.05) is 25.1 Å². The van der Waals surface area contributed by atoms with Gasteiger partial charge in [-0.05, 0) is 53.4 Å². The Morgan fingerprint density at radius 1 is 1.04 bits per heavy atom. The minimum Gasteiger partial charge on any atom is -0.346 e. The molecule has 1 heterocycles. The highest BCUT2D eigenvalue weighted by molar-refractivity contribution is 5.94. The smallest absolute Gasteiger partial charge is 0.251 e. The molecule has 142 valence electrons. The molecule has 1 fully saturated rings. The molecule has 0 saturated carbocycles. The van der Waals surface area contributed by atoms with Gasteiger partial charge in [-0.25, -0.2) is 0 Å². The molecule has 1 aliphatic rings. The fourth-order valence-corrected chi connectivity index (χ4v) is 3.74. The van der Waals surface area contributed by atoms with Crippen molar-refractivity contribution in [3.8, 4) is 0 Å². The number of benzene rings is 3. The second kappa shape index (κ2) is 7.85. The molecule has 3 aromatic carbocycles. The lowest BCUT2D eigenvalue weighted by Gasteiger charge is -2.17. The molecule has 1 saturated heterocycles. The van der Waals surface area contributed by atoms with Gasteiger partial charge in [0.25, 0.3) is 5.91 Å². The summed E-state index contributed by atoms with van der Waals surface area (Å²) in [7, 11) is 0. The molecular formula is C24H24N2O2. The van der Waals surface area contributed by atoms with E-state index in [1.807, 2.05) is 48.2 Å². The number of nitrogens with one attached hydrogen (secondary N) is 1. The Bertz CT molecular complexity index is 1030. The fourth-order valence-electron chi connectivity index (χ4n) is 3.74. The lowest BCUT2D eigenvalue weighted by Crippen LogP contribution is -2.27. The average molecular weight is 372 g/mol. The van der Waals surface area contributed by atoms with Crippen molar-refractivity contribution in [2.45, 2.75) is 32.4 Å². The summed E-state index contributed by atoms with van der Waals surface area (Å²) < 4.78 is 0. The Balaban J connectivity index is 1.46.